The number of nitrogens with one attached hydrogen (secondary N) is 2. The third kappa shape index (κ3) is 8.95. The van der Waals surface area contributed by atoms with E-state index in [1.807, 2.05) is 0 Å². The molecule has 0 saturated heterocycles. The zero-order valence-electron chi connectivity index (χ0n) is 14.7. The third-order valence-corrected chi connectivity index (χ3v) is 3.00. The standard InChI is InChI=1S/C17H23ClN2O5/c1-11(15(22)20-13-7-5-6-12(18)10-13)24-14(21)8-9-19-16(23)25-17(2,3)4/h5-7,10-11H,8-9H2,1-4H3,(H,19,23)(H,20,22)/t11-/m1/s1. The van der Waals surface area contributed by atoms with Crippen molar-refractivity contribution < 1.29 is 23.9 Å². The molecule has 7 nitrogen and oxygen atoms in total. The molecule has 0 radical (unpaired) electrons. The Morgan fingerprint density at radius 1 is 1.24 bits per heavy atom. The van der Waals surface area contributed by atoms with Crippen LogP contribution in [0.1, 0.15) is 34.1 Å². The molecule has 0 bridgehead atoms. The van der Waals surface area contributed by atoms with E-state index in [-0.39, 0.29) is 13.0 Å². The lowest BCUT2D eigenvalue weighted by molar-refractivity contribution is -0.153. The molecule has 0 aliphatic rings. The maximum atomic E-state index is 12.0. The highest BCUT2D eigenvalue weighted by atomic mass is 35.5. The van der Waals surface area contributed by atoms with Crippen molar-refractivity contribution in [3.05, 3.63) is 29.3 Å². The SMILES string of the molecule is C[C@@H](OC(=O)CCNC(=O)OC(C)(C)C)C(=O)Nc1cccc(Cl)c1. The van der Waals surface area contributed by atoms with Crippen LogP contribution in [0, 0.1) is 0 Å². The van der Waals surface area contributed by atoms with E-state index in [1.165, 1.54) is 6.92 Å². The summed E-state index contributed by atoms with van der Waals surface area (Å²) in [6, 6.07) is 6.62. The number of ether oxygens (including phenoxy) is 2. The number of halogens is 1. The number of carbonyl (C=O) groups is 3. The zero-order chi connectivity index (χ0) is 19.0. The van der Waals surface area contributed by atoms with Gasteiger partial charge in [-0.2, -0.15) is 0 Å². The van der Waals surface area contributed by atoms with Crippen LogP contribution in [0.25, 0.3) is 0 Å². The van der Waals surface area contributed by atoms with Crippen molar-refractivity contribution in [3.63, 3.8) is 0 Å². The maximum absolute atomic E-state index is 12.0. The van der Waals surface area contributed by atoms with Crippen molar-refractivity contribution in [2.45, 2.75) is 45.8 Å². The molecule has 0 unspecified atom stereocenters. The molecule has 0 spiro atoms. The molecular formula is C17H23ClN2O5. The lowest BCUT2D eigenvalue weighted by Gasteiger charge is -2.19. The normalized spacial score (nSPS) is 12.0. The van der Waals surface area contributed by atoms with Crippen LogP contribution in [-0.4, -0.2) is 36.2 Å². The second-order valence-corrected chi connectivity index (χ2v) is 6.75. The smallest absolute Gasteiger partial charge is 0.407 e. The van der Waals surface area contributed by atoms with Crippen molar-refractivity contribution in [2.75, 3.05) is 11.9 Å². The summed E-state index contributed by atoms with van der Waals surface area (Å²) in [5, 5.41) is 5.52. The molecule has 1 aromatic carbocycles. The number of esters is 1. The van der Waals surface area contributed by atoms with Gasteiger partial charge in [-0.3, -0.25) is 9.59 Å². The Kier molecular flexibility index (Phi) is 7.70. The lowest BCUT2D eigenvalue weighted by atomic mass is 10.2. The molecule has 25 heavy (non-hydrogen) atoms. The van der Waals surface area contributed by atoms with Gasteiger partial charge in [0.2, 0.25) is 0 Å². The lowest BCUT2D eigenvalue weighted by Crippen LogP contribution is -2.35. The van der Waals surface area contributed by atoms with Gasteiger partial charge < -0.3 is 20.1 Å². The topological polar surface area (TPSA) is 93.7 Å². The minimum absolute atomic E-state index is 0.0520. The number of hydrogen-bond acceptors (Lipinski definition) is 5. The highest BCUT2D eigenvalue weighted by Crippen LogP contribution is 2.15. The second kappa shape index (κ2) is 9.27. The molecule has 0 heterocycles. The van der Waals surface area contributed by atoms with Crippen molar-refractivity contribution in [2.24, 2.45) is 0 Å². The summed E-state index contributed by atoms with van der Waals surface area (Å²) in [6.45, 7) is 6.72. The van der Waals surface area contributed by atoms with Crippen molar-refractivity contribution in [1.82, 2.24) is 5.32 Å². The number of amides is 2. The molecule has 1 atom stereocenters. The molecule has 2 N–H and O–H groups in total. The van der Waals surface area contributed by atoms with E-state index in [0.29, 0.717) is 10.7 Å². The summed E-state index contributed by atoms with van der Waals surface area (Å²) in [5.41, 5.74) is -0.107. The van der Waals surface area contributed by atoms with Crippen molar-refractivity contribution in [1.29, 1.82) is 0 Å². The summed E-state index contributed by atoms with van der Waals surface area (Å²) < 4.78 is 10.1. The number of alkyl carbamates (subject to hydrolysis) is 1. The van der Waals surface area contributed by atoms with Crippen LogP contribution in [0.4, 0.5) is 10.5 Å². The predicted octanol–water partition coefficient (Wildman–Crippen LogP) is 3.13. The number of anilines is 1. The van der Waals surface area contributed by atoms with Gasteiger partial charge in [0.25, 0.3) is 5.91 Å². The first-order valence-electron chi connectivity index (χ1n) is 7.79. The van der Waals surface area contributed by atoms with E-state index in [4.69, 9.17) is 21.1 Å². The van der Waals surface area contributed by atoms with Crippen molar-refractivity contribution in [3.8, 4) is 0 Å². The summed E-state index contributed by atoms with van der Waals surface area (Å²) >= 11 is 5.83. The van der Waals surface area contributed by atoms with Gasteiger partial charge in [-0.25, -0.2) is 4.79 Å². The molecule has 0 saturated carbocycles. The van der Waals surface area contributed by atoms with Gasteiger partial charge in [0.05, 0.1) is 6.42 Å². The average molecular weight is 371 g/mol. The van der Waals surface area contributed by atoms with E-state index in [2.05, 4.69) is 10.6 Å². The van der Waals surface area contributed by atoms with Crippen LogP contribution in [0.5, 0.6) is 0 Å². The van der Waals surface area contributed by atoms with Gasteiger partial charge in [0, 0.05) is 17.3 Å². The van der Waals surface area contributed by atoms with Gasteiger partial charge in [0.1, 0.15) is 5.60 Å². The zero-order valence-corrected chi connectivity index (χ0v) is 15.5. The maximum Gasteiger partial charge on any atom is 0.407 e. The molecule has 0 aromatic heterocycles. The summed E-state index contributed by atoms with van der Waals surface area (Å²) in [4.78, 5) is 35.1. The average Bonchev–Trinajstić information content (AvgIpc) is 2.45. The van der Waals surface area contributed by atoms with E-state index in [0.717, 1.165) is 0 Å². The van der Waals surface area contributed by atoms with Crippen LogP contribution < -0.4 is 10.6 Å². The first kappa shape index (κ1) is 20.8. The van der Waals surface area contributed by atoms with Crippen LogP contribution >= 0.6 is 11.6 Å². The molecule has 8 heteroatoms. The highest BCUT2D eigenvalue weighted by Gasteiger charge is 2.19. The van der Waals surface area contributed by atoms with E-state index in [1.54, 1.807) is 45.0 Å². The molecule has 0 fully saturated rings. The minimum atomic E-state index is -0.979. The van der Waals surface area contributed by atoms with Gasteiger partial charge in [-0.1, -0.05) is 17.7 Å². The predicted molar refractivity (Wildman–Crippen MR) is 94.5 cm³/mol. The highest BCUT2D eigenvalue weighted by molar-refractivity contribution is 6.30. The fourth-order valence-electron chi connectivity index (χ4n) is 1.70. The first-order chi connectivity index (χ1) is 11.6. The fourth-order valence-corrected chi connectivity index (χ4v) is 1.89. The van der Waals surface area contributed by atoms with Crippen LogP contribution in [-0.2, 0) is 19.1 Å². The van der Waals surface area contributed by atoms with Crippen LogP contribution in [0.2, 0.25) is 5.02 Å². The molecule has 0 aliphatic heterocycles. The monoisotopic (exact) mass is 370 g/mol. The van der Waals surface area contributed by atoms with Gasteiger partial charge >= 0.3 is 12.1 Å². The Morgan fingerprint density at radius 3 is 2.52 bits per heavy atom. The Balaban J connectivity index is 2.33. The molecule has 1 aromatic rings. The van der Waals surface area contributed by atoms with Gasteiger partial charge in [-0.15, -0.1) is 0 Å². The number of carbonyl (C=O) groups excluding carboxylic acids is 3. The summed E-state index contributed by atoms with van der Waals surface area (Å²) in [6.07, 6.45) is -1.67. The minimum Gasteiger partial charge on any atom is -0.452 e. The second-order valence-electron chi connectivity index (χ2n) is 6.31. The molecule has 1 rings (SSSR count). The fraction of sp³-hybridized carbons (Fsp3) is 0.471. The Labute approximate surface area is 152 Å². The molecule has 0 aliphatic carbocycles. The van der Waals surface area contributed by atoms with Crippen molar-refractivity contribution >= 4 is 35.3 Å². The molecular weight excluding hydrogens is 348 g/mol. The summed E-state index contributed by atoms with van der Waals surface area (Å²) in [5.74, 6) is -1.08. The quantitative estimate of drug-likeness (QED) is 0.750. The largest absolute Gasteiger partial charge is 0.452 e. The molecule has 138 valence electrons. The van der Waals surface area contributed by atoms with Crippen LogP contribution in [0.3, 0.4) is 0 Å². The van der Waals surface area contributed by atoms with Gasteiger partial charge in [0.15, 0.2) is 6.10 Å². The number of hydrogen-bond donors (Lipinski definition) is 2. The Morgan fingerprint density at radius 2 is 1.92 bits per heavy atom. The molecule has 2 amide bonds. The van der Waals surface area contributed by atoms with E-state index >= 15 is 0 Å². The van der Waals surface area contributed by atoms with E-state index < -0.39 is 29.7 Å². The number of benzene rings is 1. The number of rotatable bonds is 6. The third-order valence-electron chi connectivity index (χ3n) is 2.77. The van der Waals surface area contributed by atoms with E-state index in [9.17, 15) is 14.4 Å². The van der Waals surface area contributed by atoms with Gasteiger partial charge in [-0.05, 0) is 45.9 Å². The first-order valence-corrected chi connectivity index (χ1v) is 8.17. The summed E-state index contributed by atoms with van der Waals surface area (Å²) in [7, 11) is 0. The Bertz CT molecular complexity index is 628. The van der Waals surface area contributed by atoms with Crippen LogP contribution in [0.15, 0.2) is 24.3 Å². The Hall–Kier alpha value is -2.28.